The Morgan fingerprint density at radius 2 is 1.76 bits per heavy atom. The number of hydrogen-bond acceptors (Lipinski definition) is 2. The van der Waals surface area contributed by atoms with E-state index in [0.29, 0.717) is 36.8 Å². The van der Waals surface area contributed by atoms with E-state index in [1.165, 1.54) is 0 Å². The van der Waals surface area contributed by atoms with Gasteiger partial charge in [0.1, 0.15) is 0 Å². The van der Waals surface area contributed by atoms with Crippen molar-refractivity contribution in [3.05, 3.63) is 59.1 Å². The Hall–Kier alpha value is -2.53. The number of hydrogen-bond donors (Lipinski definition) is 1. The van der Waals surface area contributed by atoms with E-state index in [4.69, 9.17) is 11.6 Å². The molecule has 5 nitrogen and oxygen atoms in total. The van der Waals surface area contributed by atoms with Crippen molar-refractivity contribution in [1.29, 1.82) is 0 Å². The average molecular weight is 414 g/mol. The van der Waals surface area contributed by atoms with Gasteiger partial charge in [0.2, 0.25) is 5.91 Å². The number of rotatable bonds is 5. The van der Waals surface area contributed by atoms with E-state index in [1.54, 1.807) is 9.80 Å². The molecule has 0 aliphatic carbocycles. The van der Waals surface area contributed by atoms with Gasteiger partial charge in [0.15, 0.2) is 0 Å². The van der Waals surface area contributed by atoms with Crippen LogP contribution in [0.3, 0.4) is 0 Å². The molecule has 1 heterocycles. The molecular weight excluding hydrogens is 386 g/mol. The topological polar surface area (TPSA) is 52.7 Å². The third-order valence-electron chi connectivity index (χ3n) is 4.79. The van der Waals surface area contributed by atoms with Crippen molar-refractivity contribution in [2.45, 2.75) is 40.2 Å². The van der Waals surface area contributed by atoms with Gasteiger partial charge >= 0.3 is 6.03 Å². The highest BCUT2D eigenvalue weighted by Crippen LogP contribution is 2.30. The molecular formula is C23H28ClN3O2. The van der Waals surface area contributed by atoms with E-state index in [0.717, 1.165) is 17.7 Å². The first kappa shape index (κ1) is 21.2. The van der Waals surface area contributed by atoms with Crippen molar-refractivity contribution >= 4 is 34.9 Å². The zero-order chi connectivity index (χ0) is 21.0. The van der Waals surface area contributed by atoms with Crippen LogP contribution in [0.5, 0.6) is 0 Å². The molecule has 1 N–H and O–H groups in total. The Bertz CT molecular complexity index is 892. The van der Waals surface area contributed by atoms with Gasteiger partial charge in [-0.25, -0.2) is 4.79 Å². The Labute approximate surface area is 177 Å². The molecule has 6 heteroatoms. The fourth-order valence-corrected chi connectivity index (χ4v) is 3.67. The second kappa shape index (κ2) is 8.87. The molecule has 29 heavy (non-hydrogen) atoms. The third kappa shape index (κ3) is 5.51. The molecule has 1 aliphatic heterocycles. The van der Waals surface area contributed by atoms with Gasteiger partial charge in [0.05, 0.1) is 11.4 Å². The predicted octanol–water partition coefficient (Wildman–Crippen LogP) is 5.55. The highest BCUT2D eigenvalue weighted by atomic mass is 35.5. The number of anilines is 2. The van der Waals surface area contributed by atoms with Gasteiger partial charge in [-0.3, -0.25) is 9.69 Å². The lowest BCUT2D eigenvalue weighted by atomic mass is 9.92. The normalized spacial score (nSPS) is 14.8. The summed E-state index contributed by atoms with van der Waals surface area (Å²) in [5.74, 6) is -0.0534. The minimum absolute atomic E-state index is 0.0534. The highest BCUT2D eigenvalue weighted by molar-refractivity contribution is 6.31. The van der Waals surface area contributed by atoms with Crippen LogP contribution in [0.1, 0.15) is 39.2 Å². The maximum Gasteiger partial charge on any atom is 0.324 e. The summed E-state index contributed by atoms with van der Waals surface area (Å²) in [6.45, 7) is 7.84. The number of para-hydroxylation sites is 2. The summed E-state index contributed by atoms with van der Waals surface area (Å²) in [5, 5.41) is 3.65. The van der Waals surface area contributed by atoms with E-state index < -0.39 is 0 Å². The van der Waals surface area contributed by atoms with Crippen LogP contribution in [0.4, 0.5) is 16.2 Å². The van der Waals surface area contributed by atoms with Gasteiger partial charge in [0.25, 0.3) is 0 Å². The summed E-state index contributed by atoms with van der Waals surface area (Å²) in [5.41, 5.74) is 2.21. The summed E-state index contributed by atoms with van der Waals surface area (Å²) >= 11 is 6.28. The molecule has 0 bridgehead atoms. The summed E-state index contributed by atoms with van der Waals surface area (Å²) in [7, 11) is 0. The number of urea groups is 1. The SMILES string of the molecule is CC(C)(C)CC(=O)Nc1ccccc1N1CCCN(Cc2ccccc2Cl)C1=O. The minimum Gasteiger partial charge on any atom is -0.324 e. The molecule has 0 radical (unpaired) electrons. The maximum atomic E-state index is 13.2. The number of amides is 3. The lowest BCUT2D eigenvalue weighted by Crippen LogP contribution is -2.49. The molecule has 154 valence electrons. The summed E-state index contributed by atoms with van der Waals surface area (Å²) < 4.78 is 0. The summed E-state index contributed by atoms with van der Waals surface area (Å²) in [6.07, 6.45) is 1.26. The Morgan fingerprint density at radius 1 is 1.07 bits per heavy atom. The number of nitrogens with zero attached hydrogens (tertiary/aromatic N) is 2. The minimum atomic E-state index is -0.105. The van der Waals surface area contributed by atoms with Crippen molar-refractivity contribution < 1.29 is 9.59 Å². The van der Waals surface area contributed by atoms with Crippen LogP contribution in [0, 0.1) is 5.41 Å². The van der Waals surface area contributed by atoms with Gasteiger partial charge in [-0.2, -0.15) is 0 Å². The van der Waals surface area contributed by atoms with Gasteiger partial charge in [-0.15, -0.1) is 0 Å². The molecule has 0 saturated carbocycles. The number of carbonyl (C=O) groups excluding carboxylic acids is 2. The first-order chi connectivity index (χ1) is 13.7. The fourth-order valence-electron chi connectivity index (χ4n) is 3.47. The highest BCUT2D eigenvalue weighted by Gasteiger charge is 2.29. The van der Waals surface area contributed by atoms with Crippen molar-refractivity contribution in [3.8, 4) is 0 Å². The Kier molecular flexibility index (Phi) is 6.48. The molecule has 2 aromatic rings. The first-order valence-electron chi connectivity index (χ1n) is 9.93. The van der Waals surface area contributed by atoms with Crippen molar-refractivity contribution in [2.75, 3.05) is 23.3 Å². The number of nitrogens with one attached hydrogen (secondary N) is 1. The maximum absolute atomic E-state index is 13.2. The van der Waals surface area contributed by atoms with E-state index in [2.05, 4.69) is 5.32 Å². The number of halogens is 1. The van der Waals surface area contributed by atoms with Gasteiger partial charge in [-0.05, 0) is 35.6 Å². The van der Waals surface area contributed by atoms with Crippen LogP contribution in [0.25, 0.3) is 0 Å². The second-order valence-electron chi connectivity index (χ2n) is 8.60. The molecule has 2 aromatic carbocycles. The van der Waals surface area contributed by atoms with Crippen LogP contribution in [-0.2, 0) is 11.3 Å². The molecule has 3 rings (SSSR count). The van der Waals surface area contributed by atoms with E-state index in [-0.39, 0.29) is 17.4 Å². The van der Waals surface area contributed by atoms with Gasteiger partial charge < -0.3 is 10.2 Å². The van der Waals surface area contributed by atoms with Crippen molar-refractivity contribution in [1.82, 2.24) is 4.90 Å². The average Bonchev–Trinajstić information content (AvgIpc) is 2.64. The molecule has 1 saturated heterocycles. The summed E-state index contributed by atoms with van der Waals surface area (Å²) in [6, 6.07) is 15.0. The third-order valence-corrected chi connectivity index (χ3v) is 5.16. The van der Waals surface area contributed by atoms with E-state index in [1.807, 2.05) is 69.3 Å². The predicted molar refractivity (Wildman–Crippen MR) is 118 cm³/mol. The molecule has 0 aromatic heterocycles. The Morgan fingerprint density at radius 3 is 2.48 bits per heavy atom. The van der Waals surface area contributed by atoms with Crippen LogP contribution in [0.2, 0.25) is 5.02 Å². The fraction of sp³-hybridized carbons (Fsp3) is 0.391. The van der Waals surface area contributed by atoms with Crippen LogP contribution in [-0.4, -0.2) is 29.9 Å². The molecule has 1 fully saturated rings. The van der Waals surface area contributed by atoms with Crippen molar-refractivity contribution in [3.63, 3.8) is 0 Å². The van der Waals surface area contributed by atoms with E-state index in [9.17, 15) is 9.59 Å². The monoisotopic (exact) mass is 413 g/mol. The van der Waals surface area contributed by atoms with Crippen LogP contribution in [0.15, 0.2) is 48.5 Å². The zero-order valence-electron chi connectivity index (χ0n) is 17.2. The number of benzene rings is 2. The Balaban J connectivity index is 1.79. The van der Waals surface area contributed by atoms with Crippen LogP contribution < -0.4 is 10.2 Å². The zero-order valence-corrected chi connectivity index (χ0v) is 18.0. The molecule has 0 unspecified atom stereocenters. The van der Waals surface area contributed by atoms with Crippen LogP contribution >= 0.6 is 11.6 Å². The second-order valence-corrected chi connectivity index (χ2v) is 9.01. The quantitative estimate of drug-likeness (QED) is 0.698. The van der Waals surface area contributed by atoms with Gasteiger partial charge in [0, 0.05) is 31.1 Å². The lowest BCUT2D eigenvalue weighted by Gasteiger charge is -2.36. The molecule has 0 spiro atoms. The summed E-state index contributed by atoms with van der Waals surface area (Å²) in [4.78, 5) is 29.2. The van der Waals surface area contributed by atoms with Crippen molar-refractivity contribution in [2.24, 2.45) is 5.41 Å². The lowest BCUT2D eigenvalue weighted by molar-refractivity contribution is -0.117. The first-order valence-corrected chi connectivity index (χ1v) is 10.3. The number of carbonyl (C=O) groups is 2. The van der Waals surface area contributed by atoms with E-state index >= 15 is 0 Å². The van der Waals surface area contributed by atoms with Gasteiger partial charge in [-0.1, -0.05) is 62.7 Å². The largest absolute Gasteiger partial charge is 0.324 e. The molecule has 0 atom stereocenters. The standard InChI is InChI=1S/C23H28ClN3O2/c1-23(2,3)15-21(28)25-19-11-6-7-12-20(19)27-14-8-13-26(22(27)29)16-17-9-4-5-10-18(17)24/h4-7,9-12H,8,13-16H2,1-3H3,(H,25,28). The smallest absolute Gasteiger partial charge is 0.324 e. The molecule has 1 aliphatic rings. The molecule has 3 amide bonds.